The first-order valence-electron chi connectivity index (χ1n) is 11.0. The number of pyridine rings is 2. The number of benzene rings is 1. The van der Waals surface area contributed by atoms with Gasteiger partial charge < -0.3 is 20.6 Å². The maximum atomic E-state index is 15.0. The highest BCUT2D eigenvalue weighted by Crippen LogP contribution is 2.35. The molecule has 0 aliphatic carbocycles. The number of halogens is 3. The standard InChI is InChI=1S/C25H24ClF2N5O3/c1-12(15-6-13(20(35)11-34)4-5-17(15)27)32-22-16(26)10-29-19-7-18(28)21(33-23(19)22)14-8-30-24(31-9-14)25(2,3)36/h4-10,12,20,34-36H,11H2,1-3H3,(H,29,32)/t12-,20?/m1/s1. The Balaban J connectivity index is 1.76. The minimum atomic E-state index is -1.27. The van der Waals surface area contributed by atoms with Crippen LogP contribution in [-0.4, -0.2) is 41.9 Å². The van der Waals surface area contributed by atoms with Gasteiger partial charge in [0.1, 0.15) is 28.7 Å². The van der Waals surface area contributed by atoms with Crippen molar-refractivity contribution in [3.05, 3.63) is 76.5 Å². The Labute approximate surface area is 210 Å². The third-order valence-electron chi connectivity index (χ3n) is 5.63. The molecule has 0 spiro atoms. The van der Waals surface area contributed by atoms with Crippen LogP contribution in [0.4, 0.5) is 14.5 Å². The zero-order valence-corrected chi connectivity index (χ0v) is 20.4. The van der Waals surface area contributed by atoms with Gasteiger partial charge in [0.05, 0.1) is 28.9 Å². The van der Waals surface area contributed by atoms with Crippen molar-refractivity contribution in [2.45, 2.75) is 38.5 Å². The molecule has 0 bridgehead atoms. The molecule has 0 saturated carbocycles. The van der Waals surface area contributed by atoms with Gasteiger partial charge in [-0.05, 0) is 38.5 Å². The molecule has 0 aliphatic rings. The molecule has 4 rings (SSSR count). The fraction of sp³-hybridized carbons (Fsp3) is 0.280. The van der Waals surface area contributed by atoms with Crippen molar-refractivity contribution < 1.29 is 24.1 Å². The van der Waals surface area contributed by atoms with Crippen LogP contribution in [0, 0.1) is 11.6 Å². The van der Waals surface area contributed by atoms with E-state index in [-0.39, 0.29) is 38.7 Å². The molecular formula is C25H24ClF2N5O3. The molecule has 0 saturated heterocycles. The molecule has 8 nitrogen and oxygen atoms in total. The molecule has 0 fully saturated rings. The Morgan fingerprint density at radius 2 is 1.75 bits per heavy atom. The average Bonchev–Trinajstić information content (AvgIpc) is 2.84. The summed E-state index contributed by atoms with van der Waals surface area (Å²) in [7, 11) is 0. The number of aromatic nitrogens is 4. The van der Waals surface area contributed by atoms with E-state index in [0.717, 1.165) is 0 Å². The van der Waals surface area contributed by atoms with Crippen molar-refractivity contribution in [3.63, 3.8) is 0 Å². The largest absolute Gasteiger partial charge is 0.393 e. The van der Waals surface area contributed by atoms with Crippen LogP contribution in [0.1, 0.15) is 49.9 Å². The second kappa shape index (κ2) is 9.98. The summed E-state index contributed by atoms with van der Waals surface area (Å²) in [5.41, 5.74) is 0.292. The highest BCUT2D eigenvalue weighted by molar-refractivity contribution is 6.34. The molecule has 1 unspecified atom stereocenters. The normalized spacial score (nSPS) is 13.6. The summed E-state index contributed by atoms with van der Waals surface area (Å²) in [4.78, 5) is 16.8. The van der Waals surface area contributed by atoms with Crippen molar-refractivity contribution >= 4 is 28.3 Å². The van der Waals surface area contributed by atoms with E-state index in [2.05, 4.69) is 25.3 Å². The molecule has 188 valence electrons. The molecule has 3 heterocycles. The molecular weight excluding hydrogens is 492 g/mol. The van der Waals surface area contributed by atoms with Gasteiger partial charge in [0.15, 0.2) is 11.6 Å². The number of nitrogens with one attached hydrogen (secondary N) is 1. The van der Waals surface area contributed by atoms with Crippen LogP contribution in [0.25, 0.3) is 22.3 Å². The summed E-state index contributed by atoms with van der Waals surface area (Å²) in [6.45, 7) is 4.25. The smallest absolute Gasteiger partial charge is 0.159 e. The quantitative estimate of drug-likeness (QED) is 0.285. The summed E-state index contributed by atoms with van der Waals surface area (Å²) in [6.07, 6.45) is 2.90. The van der Waals surface area contributed by atoms with Crippen molar-refractivity contribution in [1.82, 2.24) is 19.9 Å². The predicted octanol–water partition coefficient (Wildman–Crippen LogP) is 4.44. The molecule has 4 N–H and O–H groups in total. The van der Waals surface area contributed by atoms with Gasteiger partial charge in [0.25, 0.3) is 0 Å². The lowest BCUT2D eigenvalue weighted by atomic mass is 10.0. The third-order valence-corrected chi connectivity index (χ3v) is 5.91. The second-order valence-corrected chi connectivity index (χ2v) is 9.27. The number of aliphatic hydroxyl groups excluding tert-OH is 2. The highest BCUT2D eigenvalue weighted by atomic mass is 35.5. The predicted molar refractivity (Wildman–Crippen MR) is 131 cm³/mol. The number of aliphatic hydroxyl groups is 3. The Kier molecular flexibility index (Phi) is 7.14. The minimum absolute atomic E-state index is 0.0520. The van der Waals surface area contributed by atoms with Crippen LogP contribution >= 0.6 is 11.6 Å². The maximum Gasteiger partial charge on any atom is 0.159 e. The molecule has 0 amide bonds. The first kappa shape index (κ1) is 25.8. The van der Waals surface area contributed by atoms with Gasteiger partial charge in [0.2, 0.25) is 0 Å². The number of nitrogens with zero attached hydrogens (tertiary/aromatic N) is 4. The summed E-state index contributed by atoms with van der Waals surface area (Å²) in [5.74, 6) is -1.02. The van der Waals surface area contributed by atoms with E-state index in [1.807, 2.05) is 0 Å². The maximum absolute atomic E-state index is 15.0. The minimum Gasteiger partial charge on any atom is -0.393 e. The zero-order chi connectivity index (χ0) is 26.2. The van der Waals surface area contributed by atoms with Crippen LogP contribution in [0.3, 0.4) is 0 Å². The molecule has 4 aromatic rings. The summed E-state index contributed by atoms with van der Waals surface area (Å²) < 4.78 is 29.6. The van der Waals surface area contributed by atoms with Gasteiger partial charge in [-0.25, -0.2) is 23.7 Å². The zero-order valence-electron chi connectivity index (χ0n) is 19.7. The van der Waals surface area contributed by atoms with E-state index >= 15 is 0 Å². The van der Waals surface area contributed by atoms with Gasteiger partial charge in [-0.1, -0.05) is 17.7 Å². The highest BCUT2D eigenvalue weighted by Gasteiger charge is 2.22. The number of rotatable bonds is 7. The van der Waals surface area contributed by atoms with Crippen LogP contribution in [0.15, 0.2) is 42.9 Å². The van der Waals surface area contributed by atoms with E-state index in [1.165, 1.54) is 56.7 Å². The Bertz CT molecular complexity index is 1410. The van der Waals surface area contributed by atoms with E-state index in [0.29, 0.717) is 11.3 Å². The molecule has 1 aromatic carbocycles. The van der Waals surface area contributed by atoms with Crippen LogP contribution in [0.2, 0.25) is 5.02 Å². The second-order valence-electron chi connectivity index (χ2n) is 8.87. The van der Waals surface area contributed by atoms with E-state index in [9.17, 15) is 24.1 Å². The number of anilines is 1. The summed E-state index contributed by atoms with van der Waals surface area (Å²) in [6, 6.07) is 4.60. The van der Waals surface area contributed by atoms with Crippen molar-refractivity contribution in [2.75, 3.05) is 11.9 Å². The Hall–Kier alpha value is -3.31. The molecule has 11 heteroatoms. The number of hydrogen-bond acceptors (Lipinski definition) is 8. The molecule has 36 heavy (non-hydrogen) atoms. The molecule has 0 aliphatic heterocycles. The topological polar surface area (TPSA) is 124 Å². The molecule has 3 aromatic heterocycles. The average molecular weight is 516 g/mol. The monoisotopic (exact) mass is 515 g/mol. The van der Waals surface area contributed by atoms with Gasteiger partial charge in [-0.15, -0.1) is 0 Å². The summed E-state index contributed by atoms with van der Waals surface area (Å²) >= 11 is 6.41. The number of fused-ring (bicyclic) bond motifs is 1. The van der Waals surface area contributed by atoms with E-state index in [4.69, 9.17) is 11.6 Å². The van der Waals surface area contributed by atoms with Crippen molar-refractivity contribution in [3.8, 4) is 11.3 Å². The Morgan fingerprint density at radius 3 is 2.39 bits per heavy atom. The van der Waals surface area contributed by atoms with Crippen LogP contribution in [-0.2, 0) is 5.60 Å². The first-order chi connectivity index (χ1) is 17.0. The molecule has 2 atom stereocenters. The lowest BCUT2D eigenvalue weighted by Gasteiger charge is -2.20. The van der Waals surface area contributed by atoms with E-state index < -0.39 is 36.0 Å². The fourth-order valence-corrected chi connectivity index (χ4v) is 3.87. The SMILES string of the molecule is C[C@@H](Nc1c(Cl)cnc2cc(F)c(-c3cnc(C(C)(C)O)nc3)nc12)c1cc(C(O)CO)ccc1F. The van der Waals surface area contributed by atoms with Crippen LogP contribution < -0.4 is 5.32 Å². The third kappa shape index (κ3) is 5.12. The van der Waals surface area contributed by atoms with Gasteiger partial charge in [0, 0.05) is 35.8 Å². The Morgan fingerprint density at radius 1 is 1.06 bits per heavy atom. The van der Waals surface area contributed by atoms with Gasteiger partial charge in [-0.2, -0.15) is 0 Å². The van der Waals surface area contributed by atoms with Crippen molar-refractivity contribution in [1.29, 1.82) is 0 Å². The lowest BCUT2D eigenvalue weighted by molar-refractivity contribution is 0.0687. The van der Waals surface area contributed by atoms with E-state index in [1.54, 1.807) is 6.92 Å². The number of hydrogen-bond donors (Lipinski definition) is 4. The summed E-state index contributed by atoms with van der Waals surface area (Å²) in [5, 5.41) is 32.5. The van der Waals surface area contributed by atoms with Gasteiger partial charge >= 0.3 is 0 Å². The van der Waals surface area contributed by atoms with Crippen LogP contribution in [0.5, 0.6) is 0 Å². The fourth-order valence-electron chi connectivity index (χ4n) is 3.67. The van der Waals surface area contributed by atoms with Crippen molar-refractivity contribution in [2.24, 2.45) is 0 Å². The van der Waals surface area contributed by atoms with Gasteiger partial charge in [-0.3, -0.25) is 4.98 Å². The first-order valence-corrected chi connectivity index (χ1v) is 11.4. The lowest BCUT2D eigenvalue weighted by Crippen LogP contribution is -2.19. The molecule has 0 radical (unpaired) electrons.